The number of methoxy groups -OCH3 is 1. The highest BCUT2D eigenvalue weighted by Crippen LogP contribution is 2.50. The van der Waals surface area contributed by atoms with Gasteiger partial charge in [-0.15, -0.1) is 0 Å². The Kier molecular flexibility index (Phi) is 6.31. The predicted octanol–water partition coefficient (Wildman–Crippen LogP) is 6.49. The Hall–Kier alpha value is -2.83. The molecule has 0 spiro atoms. The average Bonchev–Trinajstić information content (AvgIpc) is 3.56. The monoisotopic (exact) mass is 517 g/mol. The Morgan fingerprint density at radius 2 is 1.87 bits per heavy atom. The van der Waals surface area contributed by atoms with E-state index < -0.39 is 11.9 Å². The molecule has 1 aromatic carbocycles. The molecule has 4 unspecified atom stereocenters. The number of allylic oxidation sites excluding steroid dienone is 4. The molecule has 0 amide bonds. The van der Waals surface area contributed by atoms with Crippen LogP contribution in [0.1, 0.15) is 93.3 Å². The van der Waals surface area contributed by atoms with Gasteiger partial charge in [0.2, 0.25) is 0 Å². The van der Waals surface area contributed by atoms with Gasteiger partial charge < -0.3 is 23.9 Å². The number of aromatic nitrogens is 1. The van der Waals surface area contributed by atoms with Crippen molar-refractivity contribution in [3.63, 3.8) is 0 Å². The summed E-state index contributed by atoms with van der Waals surface area (Å²) in [6.45, 7) is 8.48. The first-order valence-corrected chi connectivity index (χ1v) is 14.0. The minimum Gasteiger partial charge on any atom is -0.497 e. The molecule has 38 heavy (non-hydrogen) atoms. The van der Waals surface area contributed by atoms with E-state index in [9.17, 15) is 9.90 Å². The maximum absolute atomic E-state index is 13.1. The summed E-state index contributed by atoms with van der Waals surface area (Å²) in [6.07, 6.45) is 11.7. The summed E-state index contributed by atoms with van der Waals surface area (Å²) in [5.74, 6) is 1.29. The van der Waals surface area contributed by atoms with E-state index in [0.29, 0.717) is 18.0 Å². The normalized spacial score (nSPS) is 27.5. The van der Waals surface area contributed by atoms with Gasteiger partial charge in [-0.25, -0.2) is 4.79 Å². The van der Waals surface area contributed by atoms with Gasteiger partial charge in [0.25, 0.3) is 0 Å². The van der Waals surface area contributed by atoms with Crippen LogP contribution in [0.4, 0.5) is 0 Å². The number of carbonyl (C=O) groups is 1. The fraction of sp³-hybridized carbons (Fsp3) is 0.531. The Morgan fingerprint density at radius 3 is 2.53 bits per heavy atom. The number of ether oxygens (including phenoxy) is 3. The number of carbonyl (C=O) groups excluding carboxylic acids is 1. The van der Waals surface area contributed by atoms with Crippen LogP contribution in [0.2, 0.25) is 0 Å². The van der Waals surface area contributed by atoms with Crippen molar-refractivity contribution in [2.75, 3.05) is 7.11 Å². The highest BCUT2D eigenvalue weighted by atomic mass is 16.7. The molecule has 4 atom stereocenters. The van der Waals surface area contributed by atoms with Gasteiger partial charge in [0.1, 0.15) is 17.5 Å². The summed E-state index contributed by atoms with van der Waals surface area (Å²) in [7, 11) is 1.71. The molecule has 2 aromatic rings. The first kappa shape index (κ1) is 25.4. The molecule has 1 aromatic heterocycles. The van der Waals surface area contributed by atoms with Crippen LogP contribution in [0.3, 0.4) is 0 Å². The molecule has 6 rings (SSSR count). The first-order chi connectivity index (χ1) is 18.2. The second kappa shape index (κ2) is 9.42. The van der Waals surface area contributed by atoms with Crippen molar-refractivity contribution in [2.45, 2.75) is 96.2 Å². The second-order valence-electron chi connectivity index (χ2n) is 12.3. The van der Waals surface area contributed by atoms with Crippen LogP contribution in [0.5, 0.6) is 0 Å². The minimum absolute atomic E-state index is 0.111. The van der Waals surface area contributed by atoms with E-state index in [4.69, 9.17) is 14.2 Å². The van der Waals surface area contributed by atoms with Crippen molar-refractivity contribution in [3.8, 4) is 0 Å². The van der Waals surface area contributed by atoms with Crippen LogP contribution in [0, 0.1) is 5.92 Å². The fourth-order valence-corrected chi connectivity index (χ4v) is 6.84. The van der Waals surface area contributed by atoms with E-state index in [-0.39, 0.29) is 23.9 Å². The number of aliphatic hydroxyl groups is 1. The lowest BCUT2D eigenvalue weighted by Crippen LogP contribution is -2.23. The lowest BCUT2D eigenvalue weighted by atomic mass is 9.75. The smallest absolute Gasteiger partial charge is 0.338 e. The second-order valence-corrected chi connectivity index (χ2v) is 12.3. The standard InChI is InChI=1S/C32H39NO5/c1-18-24-16-21(36-5)12-14-22(24)28-27(19-9-7-6-8-10-19)23-13-11-20(30(34)38-32(2,3)4)15-26(23)33(28)17-25(18)29-31(35)37-29/h11-16,19,22,24,29,31,35H,6-10,17H2,1-5H3. The molecule has 3 heterocycles. The first-order valence-electron chi connectivity index (χ1n) is 14.0. The van der Waals surface area contributed by atoms with Crippen molar-refractivity contribution in [3.05, 3.63) is 70.2 Å². The zero-order valence-corrected chi connectivity index (χ0v) is 23.1. The van der Waals surface area contributed by atoms with Crippen molar-refractivity contribution in [2.24, 2.45) is 5.92 Å². The number of nitrogens with zero attached hydrogens (tertiary/aromatic N) is 1. The molecule has 1 saturated carbocycles. The van der Waals surface area contributed by atoms with E-state index in [1.807, 2.05) is 32.9 Å². The van der Waals surface area contributed by atoms with Crippen LogP contribution in [0.25, 0.3) is 10.9 Å². The van der Waals surface area contributed by atoms with Crippen molar-refractivity contribution in [1.29, 1.82) is 0 Å². The quantitative estimate of drug-likeness (QED) is 0.285. The molecule has 0 radical (unpaired) electrons. The summed E-state index contributed by atoms with van der Waals surface area (Å²) in [4.78, 5) is 13.1. The highest BCUT2D eigenvalue weighted by Gasteiger charge is 2.45. The molecule has 1 N–H and O–H groups in total. The van der Waals surface area contributed by atoms with E-state index in [1.54, 1.807) is 7.11 Å². The molecule has 4 aliphatic rings. The molecule has 2 aliphatic carbocycles. The average molecular weight is 518 g/mol. The number of hydrogen-bond acceptors (Lipinski definition) is 5. The summed E-state index contributed by atoms with van der Waals surface area (Å²) >= 11 is 0. The summed E-state index contributed by atoms with van der Waals surface area (Å²) in [5.41, 5.74) is 6.15. The van der Waals surface area contributed by atoms with Gasteiger partial charge in [-0.05, 0) is 81.9 Å². The predicted molar refractivity (Wildman–Crippen MR) is 147 cm³/mol. The molecular formula is C32H39NO5. The van der Waals surface area contributed by atoms with Gasteiger partial charge in [-0.2, -0.15) is 0 Å². The molecule has 0 bridgehead atoms. The van der Waals surface area contributed by atoms with Crippen LogP contribution >= 0.6 is 0 Å². The summed E-state index contributed by atoms with van der Waals surface area (Å²) in [6, 6.07) is 6.08. The van der Waals surface area contributed by atoms with Crippen molar-refractivity contribution >= 4 is 16.9 Å². The molecular weight excluding hydrogens is 478 g/mol. The van der Waals surface area contributed by atoms with E-state index in [1.165, 1.54) is 54.3 Å². The molecule has 6 heteroatoms. The van der Waals surface area contributed by atoms with E-state index in [0.717, 1.165) is 16.8 Å². The van der Waals surface area contributed by atoms with Crippen LogP contribution in [-0.4, -0.2) is 40.7 Å². The fourth-order valence-electron chi connectivity index (χ4n) is 6.84. The van der Waals surface area contributed by atoms with Gasteiger partial charge >= 0.3 is 5.97 Å². The number of rotatable bonds is 4. The van der Waals surface area contributed by atoms with Gasteiger partial charge in [0.15, 0.2) is 6.29 Å². The maximum Gasteiger partial charge on any atom is 0.338 e. The molecule has 202 valence electrons. The molecule has 2 aliphatic heterocycles. The van der Waals surface area contributed by atoms with E-state index in [2.05, 4.69) is 35.8 Å². The molecule has 1 saturated heterocycles. The molecule has 2 fully saturated rings. The van der Waals surface area contributed by atoms with E-state index >= 15 is 0 Å². The van der Waals surface area contributed by atoms with Gasteiger partial charge in [0, 0.05) is 35.0 Å². The van der Waals surface area contributed by atoms with Crippen LogP contribution in [-0.2, 0) is 20.8 Å². The number of aliphatic hydroxyl groups excluding tert-OH is 1. The third-order valence-electron chi connectivity index (χ3n) is 8.69. The molecule has 6 nitrogen and oxygen atoms in total. The summed E-state index contributed by atoms with van der Waals surface area (Å²) < 4.78 is 19.4. The zero-order chi connectivity index (χ0) is 26.8. The van der Waals surface area contributed by atoms with Gasteiger partial charge in [0.05, 0.1) is 12.7 Å². The largest absolute Gasteiger partial charge is 0.497 e. The Balaban J connectivity index is 1.58. The van der Waals surface area contributed by atoms with Crippen molar-refractivity contribution in [1.82, 2.24) is 4.57 Å². The number of benzene rings is 1. The Bertz CT molecular complexity index is 1360. The number of esters is 1. The lowest BCUT2D eigenvalue weighted by molar-refractivity contribution is 0.00696. The minimum atomic E-state index is -0.762. The Labute approximate surface area is 224 Å². The highest BCUT2D eigenvalue weighted by molar-refractivity contribution is 5.96. The third-order valence-corrected chi connectivity index (χ3v) is 8.69. The zero-order valence-electron chi connectivity index (χ0n) is 23.1. The SMILES string of the molecule is COC1=CC2C(C)=C(C3OC3O)Cn3c(c(C4CCCCC4)c4ccc(C(=O)OC(C)(C)C)cc43)C2C=C1. The third kappa shape index (κ3) is 4.42. The number of hydrogen-bond donors (Lipinski definition) is 1. The maximum atomic E-state index is 13.1. The lowest BCUT2D eigenvalue weighted by Gasteiger charge is -2.30. The Morgan fingerprint density at radius 1 is 1.13 bits per heavy atom. The summed E-state index contributed by atoms with van der Waals surface area (Å²) in [5, 5.41) is 11.5. The van der Waals surface area contributed by atoms with Crippen LogP contribution < -0.4 is 0 Å². The van der Waals surface area contributed by atoms with Crippen molar-refractivity contribution < 1.29 is 24.1 Å². The van der Waals surface area contributed by atoms with Gasteiger partial charge in [-0.1, -0.05) is 37.0 Å². The topological polar surface area (TPSA) is 73.2 Å². The number of epoxide rings is 1. The van der Waals surface area contributed by atoms with Crippen LogP contribution in [0.15, 0.2) is 53.3 Å². The van der Waals surface area contributed by atoms with Gasteiger partial charge in [-0.3, -0.25) is 0 Å². The number of fused-ring (bicyclic) bond motifs is 5.